The Morgan fingerprint density at radius 2 is 1.71 bits per heavy atom. The smallest absolute Gasteiger partial charge is 0.417 e. The molecule has 0 unspecified atom stereocenters. The van der Waals surface area contributed by atoms with Crippen LogP contribution in [0, 0.1) is 11.8 Å². The molecule has 5 heterocycles. The summed E-state index contributed by atoms with van der Waals surface area (Å²) in [7, 11) is 1.77. The van der Waals surface area contributed by atoms with Crippen LogP contribution in [0.2, 0.25) is 0 Å². The zero-order chi connectivity index (χ0) is 39.7. The van der Waals surface area contributed by atoms with Crippen molar-refractivity contribution in [1.29, 1.82) is 0 Å². The highest BCUT2D eigenvalue weighted by atomic mass is 19.4. The highest BCUT2D eigenvalue weighted by Gasteiger charge is 2.36. The van der Waals surface area contributed by atoms with E-state index in [1.165, 1.54) is 36.8 Å². The number of likely N-dealkylation sites (N-methyl/N-ethyl adjacent to an activating group) is 1. The maximum absolute atomic E-state index is 14.2. The fraction of sp³-hybridized carbons (Fsp3) is 0.385. The quantitative estimate of drug-likeness (QED) is 0.251. The molecule has 4 aromatic rings. The summed E-state index contributed by atoms with van der Waals surface area (Å²) in [6.07, 6.45) is -0.799. The topological polar surface area (TPSA) is 152 Å². The lowest BCUT2D eigenvalue weighted by Gasteiger charge is -2.34. The summed E-state index contributed by atoms with van der Waals surface area (Å²) in [5.74, 6) is 4.75. The number of anilines is 2. The lowest BCUT2D eigenvalue weighted by molar-refractivity contribution is -0.138. The third kappa shape index (κ3) is 8.96. The fourth-order valence-electron chi connectivity index (χ4n) is 6.53. The van der Waals surface area contributed by atoms with Gasteiger partial charge in [-0.3, -0.25) is 19.5 Å². The Morgan fingerprint density at radius 1 is 0.982 bits per heavy atom. The zero-order valence-electron chi connectivity index (χ0n) is 31.3. The Hall–Kier alpha value is -5.79. The van der Waals surface area contributed by atoms with Crippen molar-refractivity contribution in [3.05, 3.63) is 88.0 Å². The SMILES string of the molecule is CCN1CCN(Cc2ccc(NC(=O)c3cncc(C#Cc4cnc(N)nc4-c4cc5c(n4C)CCN(C(=O)OC(C)(C)C)C5=O)c3)cc2C(F)(F)F)CC1. The molecule has 0 spiro atoms. The number of benzene rings is 1. The number of carbonyl (C=O) groups is 3. The molecule has 13 nitrogen and oxygen atoms in total. The number of pyridine rings is 1. The average Bonchev–Trinajstić information content (AvgIpc) is 3.47. The van der Waals surface area contributed by atoms with Crippen LogP contribution < -0.4 is 11.1 Å². The first kappa shape index (κ1) is 38.9. The molecule has 0 radical (unpaired) electrons. The number of nitrogens with one attached hydrogen (secondary N) is 1. The minimum Gasteiger partial charge on any atom is -0.443 e. The van der Waals surface area contributed by atoms with Gasteiger partial charge in [0.2, 0.25) is 5.95 Å². The van der Waals surface area contributed by atoms with E-state index in [2.05, 4.69) is 43.9 Å². The fourth-order valence-corrected chi connectivity index (χ4v) is 6.53. The number of carbonyl (C=O) groups excluding carboxylic acids is 3. The van der Waals surface area contributed by atoms with Crippen LogP contribution in [-0.4, -0.2) is 97.0 Å². The van der Waals surface area contributed by atoms with Gasteiger partial charge in [0.1, 0.15) is 11.3 Å². The Bertz CT molecular complexity index is 2190. The third-order valence-electron chi connectivity index (χ3n) is 9.39. The number of nitrogens with zero attached hydrogens (tertiary/aromatic N) is 7. The van der Waals surface area contributed by atoms with Gasteiger partial charge in [-0.2, -0.15) is 13.2 Å². The van der Waals surface area contributed by atoms with E-state index in [-0.39, 0.29) is 35.9 Å². The number of alkyl halides is 3. The van der Waals surface area contributed by atoms with Gasteiger partial charge in [0.05, 0.1) is 27.9 Å². The average molecular weight is 758 g/mol. The molecular formula is C39H42F3N9O4. The Balaban J connectivity index is 1.21. The molecule has 0 saturated carbocycles. The van der Waals surface area contributed by atoms with Gasteiger partial charge in [-0.25, -0.2) is 19.7 Å². The van der Waals surface area contributed by atoms with Crippen LogP contribution in [0.5, 0.6) is 0 Å². The van der Waals surface area contributed by atoms with Crippen molar-refractivity contribution in [3.63, 3.8) is 0 Å². The van der Waals surface area contributed by atoms with Gasteiger partial charge in [-0.15, -0.1) is 0 Å². The van der Waals surface area contributed by atoms with Gasteiger partial charge in [-0.1, -0.05) is 24.8 Å². The van der Waals surface area contributed by atoms with Crippen LogP contribution in [-0.2, 0) is 30.9 Å². The molecule has 3 N–H and O–H groups in total. The number of imide groups is 1. The van der Waals surface area contributed by atoms with Crippen LogP contribution in [0.15, 0.2) is 48.9 Å². The molecule has 0 bridgehead atoms. The largest absolute Gasteiger partial charge is 0.443 e. The second kappa shape index (κ2) is 15.5. The zero-order valence-corrected chi connectivity index (χ0v) is 31.3. The number of aromatic nitrogens is 4. The number of piperazine rings is 1. The van der Waals surface area contributed by atoms with Crippen molar-refractivity contribution < 1.29 is 32.3 Å². The molecule has 3 amide bonds. The molecule has 2 aliphatic rings. The summed E-state index contributed by atoms with van der Waals surface area (Å²) in [6.45, 7) is 11.4. The number of nitrogens with two attached hydrogens (primary N) is 1. The molecule has 16 heteroatoms. The highest BCUT2D eigenvalue weighted by molar-refractivity contribution is 6.06. The second-order valence-corrected chi connectivity index (χ2v) is 14.4. The molecule has 2 aliphatic heterocycles. The van der Waals surface area contributed by atoms with Crippen molar-refractivity contribution in [1.82, 2.24) is 34.2 Å². The van der Waals surface area contributed by atoms with Crippen molar-refractivity contribution in [2.75, 3.05) is 50.3 Å². The lowest BCUT2D eigenvalue weighted by atomic mass is 10.0. The van der Waals surface area contributed by atoms with Crippen LogP contribution in [0.4, 0.5) is 29.6 Å². The van der Waals surface area contributed by atoms with Gasteiger partial charge in [0.15, 0.2) is 0 Å². The summed E-state index contributed by atoms with van der Waals surface area (Å²) in [4.78, 5) is 57.4. The summed E-state index contributed by atoms with van der Waals surface area (Å²) >= 11 is 0. The molecular weight excluding hydrogens is 715 g/mol. The van der Waals surface area contributed by atoms with Gasteiger partial charge in [0, 0.05) is 88.3 Å². The van der Waals surface area contributed by atoms with E-state index >= 15 is 0 Å². The summed E-state index contributed by atoms with van der Waals surface area (Å²) in [5, 5.41) is 2.56. The van der Waals surface area contributed by atoms with E-state index in [1.54, 1.807) is 38.5 Å². The first-order chi connectivity index (χ1) is 26.0. The molecule has 1 aromatic carbocycles. The third-order valence-corrected chi connectivity index (χ3v) is 9.39. The molecule has 0 aliphatic carbocycles. The maximum atomic E-state index is 14.2. The number of hydrogen-bond donors (Lipinski definition) is 2. The first-order valence-corrected chi connectivity index (χ1v) is 17.8. The number of nitrogen functional groups attached to an aromatic ring is 1. The number of fused-ring (bicyclic) bond motifs is 1. The molecule has 288 valence electrons. The molecule has 3 aromatic heterocycles. The highest BCUT2D eigenvalue weighted by Crippen LogP contribution is 2.35. The maximum Gasteiger partial charge on any atom is 0.417 e. The molecule has 55 heavy (non-hydrogen) atoms. The number of ether oxygens (including phenoxy) is 1. The molecule has 1 saturated heterocycles. The van der Waals surface area contributed by atoms with E-state index in [4.69, 9.17) is 10.5 Å². The van der Waals surface area contributed by atoms with Crippen molar-refractivity contribution >= 4 is 29.5 Å². The van der Waals surface area contributed by atoms with E-state index in [0.717, 1.165) is 30.6 Å². The van der Waals surface area contributed by atoms with E-state index in [1.807, 2.05) is 4.90 Å². The standard InChI is InChI=1S/C39H42F3N9O4/c1-6-49-13-15-50(16-14-49)23-26-9-10-28(18-30(26)39(40,41)42)46-34(52)27-17-24(20-44-21-27)7-8-25-22-45-36(43)47-33(25)32-19-29-31(48(32)5)11-12-51(35(29)53)37(54)55-38(2,3)4/h9-10,17-22H,6,11-16,23H2,1-5H3,(H,46,52)(H2,43,45,47). The van der Waals surface area contributed by atoms with Crippen LogP contribution in [0.3, 0.4) is 0 Å². The van der Waals surface area contributed by atoms with Crippen molar-refractivity contribution in [2.24, 2.45) is 7.05 Å². The van der Waals surface area contributed by atoms with Gasteiger partial charge >= 0.3 is 12.3 Å². The Labute approximate surface area is 316 Å². The summed E-state index contributed by atoms with van der Waals surface area (Å²) < 4.78 is 49.7. The minimum absolute atomic E-state index is 0.00464. The summed E-state index contributed by atoms with van der Waals surface area (Å²) in [5.41, 5.74) is 7.15. The molecule has 6 rings (SSSR count). The number of halogens is 3. The molecule has 1 fully saturated rings. The van der Waals surface area contributed by atoms with E-state index < -0.39 is 35.2 Å². The lowest BCUT2D eigenvalue weighted by Crippen LogP contribution is -2.45. The van der Waals surface area contributed by atoms with Crippen molar-refractivity contribution in [2.45, 2.75) is 52.4 Å². The number of rotatable bonds is 6. The Morgan fingerprint density at radius 3 is 2.40 bits per heavy atom. The number of amides is 3. The predicted octanol–water partition coefficient (Wildman–Crippen LogP) is 5.20. The van der Waals surface area contributed by atoms with Gasteiger partial charge < -0.3 is 25.3 Å². The predicted molar refractivity (Wildman–Crippen MR) is 199 cm³/mol. The second-order valence-electron chi connectivity index (χ2n) is 14.4. The normalized spacial score (nSPS) is 15.3. The molecule has 0 atom stereocenters. The minimum atomic E-state index is -4.61. The monoisotopic (exact) mass is 757 g/mol. The first-order valence-electron chi connectivity index (χ1n) is 17.8. The van der Waals surface area contributed by atoms with Crippen LogP contribution in [0.1, 0.15) is 76.4 Å². The van der Waals surface area contributed by atoms with E-state index in [0.29, 0.717) is 53.3 Å². The van der Waals surface area contributed by atoms with Crippen molar-refractivity contribution in [3.8, 4) is 23.2 Å². The Kier molecular flexibility index (Phi) is 11.0. The van der Waals surface area contributed by atoms with Crippen LogP contribution in [0.25, 0.3) is 11.4 Å². The summed E-state index contributed by atoms with van der Waals surface area (Å²) in [6, 6.07) is 6.92. The number of hydrogen-bond acceptors (Lipinski definition) is 10. The van der Waals surface area contributed by atoms with E-state index in [9.17, 15) is 27.6 Å². The van der Waals surface area contributed by atoms with Gasteiger partial charge in [-0.05, 0) is 57.1 Å². The van der Waals surface area contributed by atoms with Crippen LogP contribution >= 0.6 is 0 Å². The van der Waals surface area contributed by atoms with Gasteiger partial charge in [0.25, 0.3) is 11.8 Å².